The first-order valence-electron chi connectivity index (χ1n) is 2.77. The Balaban J connectivity index is 3.15. The minimum Gasteiger partial charge on any atom is -0.258 e. The fraction of sp³-hybridized carbons (Fsp3) is 0. The Morgan fingerprint density at radius 2 is 2.00 bits per heavy atom. The summed E-state index contributed by atoms with van der Waals surface area (Å²) in [5.74, 6) is 0. The number of hydrogen-bond donors (Lipinski definition) is 0. The van der Waals surface area contributed by atoms with E-state index in [0.29, 0.717) is 0 Å². The van der Waals surface area contributed by atoms with E-state index in [9.17, 15) is 10.1 Å². The molecule has 1 atom stereocenters. The number of benzene rings is 1. The van der Waals surface area contributed by atoms with Gasteiger partial charge in [0.05, 0.1) is 4.92 Å². The predicted molar refractivity (Wildman–Crippen MR) is 43.8 cm³/mol. The van der Waals surface area contributed by atoms with E-state index in [1.165, 1.54) is 15.3 Å². The normalized spacial score (nSPS) is 9.60. The van der Waals surface area contributed by atoms with Crippen molar-refractivity contribution in [1.82, 2.24) is 0 Å². The van der Waals surface area contributed by atoms with Gasteiger partial charge in [-0.05, 0) is 6.07 Å². The van der Waals surface area contributed by atoms with Crippen LogP contribution in [0.25, 0.3) is 0 Å². The van der Waals surface area contributed by atoms with Crippen molar-refractivity contribution < 1.29 is 4.92 Å². The zero-order chi connectivity index (χ0) is 7.56. The van der Waals surface area contributed by atoms with Crippen LogP contribution in [0.1, 0.15) is 0 Å². The summed E-state index contributed by atoms with van der Waals surface area (Å²) in [6.45, 7) is 0. The molecule has 0 aromatic heterocycles. The zero-order valence-electron chi connectivity index (χ0n) is 5.28. The standard InChI is InChI=1S/C6H6NO2P/c8-7(9)5-3-1-2-4-6(5)10/h1-4H,10H2/p+1. The van der Waals surface area contributed by atoms with Crippen molar-refractivity contribution in [3.05, 3.63) is 34.4 Å². The molecule has 1 aromatic carbocycles. The summed E-state index contributed by atoms with van der Waals surface area (Å²) in [5.41, 5.74) is 0.195. The first-order chi connectivity index (χ1) is 4.72. The van der Waals surface area contributed by atoms with E-state index in [1.807, 2.05) is 0 Å². The third-order valence-corrected chi connectivity index (χ3v) is 1.79. The van der Waals surface area contributed by atoms with Crippen LogP contribution in [0.15, 0.2) is 24.3 Å². The average Bonchev–Trinajstić information content (AvgIpc) is 1.88. The largest absolute Gasteiger partial charge is 0.310 e. The van der Waals surface area contributed by atoms with Crippen molar-refractivity contribution in [2.24, 2.45) is 0 Å². The van der Waals surface area contributed by atoms with E-state index in [-0.39, 0.29) is 10.6 Å². The van der Waals surface area contributed by atoms with Gasteiger partial charge in [0.2, 0.25) is 0 Å². The van der Waals surface area contributed by atoms with Crippen LogP contribution in [0.2, 0.25) is 0 Å². The van der Waals surface area contributed by atoms with E-state index in [1.54, 1.807) is 18.2 Å². The molecule has 0 aliphatic heterocycles. The quantitative estimate of drug-likeness (QED) is 0.343. The Labute approximate surface area is 60.4 Å². The van der Waals surface area contributed by atoms with Gasteiger partial charge in [-0.3, -0.25) is 10.1 Å². The van der Waals surface area contributed by atoms with Crippen LogP contribution in [0.4, 0.5) is 5.69 Å². The average molecular weight is 156 g/mol. The van der Waals surface area contributed by atoms with Gasteiger partial charge in [-0.1, -0.05) is 12.1 Å². The van der Waals surface area contributed by atoms with E-state index in [2.05, 4.69) is 0 Å². The van der Waals surface area contributed by atoms with Crippen LogP contribution < -0.4 is 5.30 Å². The Hall–Kier alpha value is -0.950. The second-order valence-electron chi connectivity index (χ2n) is 1.89. The summed E-state index contributed by atoms with van der Waals surface area (Å²) in [4.78, 5) is 9.86. The highest BCUT2D eigenvalue weighted by atomic mass is 31.0. The van der Waals surface area contributed by atoms with Gasteiger partial charge in [0.25, 0.3) is 0 Å². The maximum absolute atomic E-state index is 10.2. The lowest BCUT2D eigenvalue weighted by Gasteiger charge is -1.88. The number of nitro benzene ring substituents is 1. The van der Waals surface area contributed by atoms with E-state index >= 15 is 0 Å². The minimum absolute atomic E-state index is 0.195. The molecule has 3 nitrogen and oxygen atoms in total. The molecule has 0 spiro atoms. The second-order valence-corrected chi connectivity index (χ2v) is 2.65. The molecule has 1 unspecified atom stereocenters. The number of nitrogens with zero attached hydrogens (tertiary/aromatic N) is 1. The molecular formula is C6H7NO2P+. The van der Waals surface area contributed by atoms with Crippen LogP contribution in [0.5, 0.6) is 0 Å². The van der Waals surface area contributed by atoms with Crippen molar-refractivity contribution in [3.8, 4) is 0 Å². The molecule has 0 fully saturated rings. The molecule has 0 aliphatic carbocycles. The monoisotopic (exact) mass is 156 g/mol. The fourth-order valence-corrected chi connectivity index (χ4v) is 1.07. The number of hydrogen-bond acceptors (Lipinski definition) is 2. The highest BCUT2D eigenvalue weighted by molar-refractivity contribution is 7.27. The van der Waals surface area contributed by atoms with E-state index < -0.39 is 0 Å². The third-order valence-electron chi connectivity index (χ3n) is 1.19. The van der Waals surface area contributed by atoms with Crippen LogP contribution in [0.3, 0.4) is 0 Å². The first kappa shape index (κ1) is 7.16. The Kier molecular flexibility index (Phi) is 1.97. The van der Waals surface area contributed by atoms with Crippen LogP contribution in [-0.2, 0) is 0 Å². The van der Waals surface area contributed by atoms with Gasteiger partial charge in [0, 0.05) is 15.3 Å². The molecule has 4 heteroatoms. The fourth-order valence-electron chi connectivity index (χ4n) is 0.689. The molecule has 0 saturated carbocycles. The molecule has 0 amide bonds. The van der Waals surface area contributed by atoms with Gasteiger partial charge < -0.3 is 0 Å². The summed E-state index contributed by atoms with van der Waals surface area (Å²) < 4.78 is 0. The smallest absolute Gasteiger partial charge is 0.258 e. The Bertz CT molecular complexity index is 262. The lowest BCUT2D eigenvalue weighted by Crippen LogP contribution is -1.99. The Morgan fingerprint density at radius 3 is 2.40 bits per heavy atom. The molecule has 0 N–H and O–H groups in total. The minimum atomic E-state index is -0.373. The summed E-state index contributed by atoms with van der Waals surface area (Å²) in [7, 11) is 1.52. The summed E-state index contributed by atoms with van der Waals surface area (Å²) in [6, 6.07) is 6.68. The molecule has 0 heterocycles. The van der Waals surface area contributed by atoms with E-state index in [4.69, 9.17) is 0 Å². The van der Waals surface area contributed by atoms with Crippen molar-refractivity contribution >= 4 is 20.2 Å². The second kappa shape index (κ2) is 2.76. The van der Waals surface area contributed by atoms with Crippen molar-refractivity contribution in [2.45, 2.75) is 0 Å². The maximum atomic E-state index is 10.2. The van der Waals surface area contributed by atoms with Crippen molar-refractivity contribution in [2.75, 3.05) is 0 Å². The molecule has 0 saturated heterocycles. The molecule has 10 heavy (non-hydrogen) atoms. The van der Waals surface area contributed by atoms with Crippen LogP contribution in [-0.4, -0.2) is 4.92 Å². The molecule has 1 aromatic rings. The summed E-state index contributed by atoms with van der Waals surface area (Å²) in [6.07, 6.45) is 0. The van der Waals surface area contributed by atoms with Crippen molar-refractivity contribution in [1.29, 1.82) is 0 Å². The van der Waals surface area contributed by atoms with E-state index in [0.717, 1.165) is 5.30 Å². The zero-order valence-corrected chi connectivity index (χ0v) is 6.69. The molecule has 0 radical (unpaired) electrons. The molecular weight excluding hydrogens is 149 g/mol. The lowest BCUT2D eigenvalue weighted by atomic mass is 10.3. The van der Waals surface area contributed by atoms with Gasteiger partial charge in [0.1, 0.15) is 0 Å². The summed E-state index contributed by atoms with van der Waals surface area (Å²) >= 11 is 0. The molecule has 1 rings (SSSR count). The van der Waals surface area contributed by atoms with Crippen LogP contribution >= 0.6 is 9.24 Å². The maximum Gasteiger partial charge on any atom is 0.310 e. The lowest BCUT2D eigenvalue weighted by molar-refractivity contribution is -0.383. The Morgan fingerprint density at radius 1 is 1.40 bits per heavy atom. The first-order valence-corrected chi connectivity index (χ1v) is 3.48. The van der Waals surface area contributed by atoms with Crippen molar-refractivity contribution in [3.63, 3.8) is 0 Å². The number of para-hydroxylation sites is 1. The predicted octanol–water partition coefficient (Wildman–Crippen LogP) is 0.827. The number of nitro groups is 1. The summed E-state index contributed by atoms with van der Waals surface area (Å²) in [5, 5.41) is 11.0. The van der Waals surface area contributed by atoms with Gasteiger partial charge in [-0.25, -0.2) is 0 Å². The number of rotatable bonds is 1. The highest BCUT2D eigenvalue weighted by Gasteiger charge is 2.10. The molecule has 0 aliphatic rings. The van der Waals surface area contributed by atoms with Gasteiger partial charge in [-0.2, -0.15) is 0 Å². The SMILES string of the molecule is O=[N+]([O-])c1ccccc1[PH3+]. The van der Waals surface area contributed by atoms with Gasteiger partial charge in [0.15, 0.2) is 5.30 Å². The highest BCUT2D eigenvalue weighted by Crippen LogP contribution is 2.08. The third kappa shape index (κ3) is 1.31. The molecule has 0 bridgehead atoms. The molecule has 52 valence electrons. The van der Waals surface area contributed by atoms with Gasteiger partial charge >= 0.3 is 5.69 Å². The van der Waals surface area contributed by atoms with Crippen LogP contribution in [0, 0.1) is 10.1 Å². The topological polar surface area (TPSA) is 43.1 Å². The van der Waals surface area contributed by atoms with Gasteiger partial charge in [-0.15, -0.1) is 0 Å².